The fourth-order valence-electron chi connectivity index (χ4n) is 3.82. The zero-order valence-corrected chi connectivity index (χ0v) is 17.7. The Balaban J connectivity index is 0.000000775. The van der Waals surface area contributed by atoms with Crippen LogP contribution in [0.2, 0.25) is 0 Å². The van der Waals surface area contributed by atoms with E-state index >= 15 is 0 Å². The molecule has 10 nitrogen and oxygen atoms in total. The summed E-state index contributed by atoms with van der Waals surface area (Å²) in [5.41, 5.74) is 1.90. The first-order chi connectivity index (χ1) is 15.5. The number of aromatic amines is 1. The van der Waals surface area contributed by atoms with Crippen LogP contribution in [0.15, 0.2) is 64.5 Å². The molecule has 11 heteroatoms. The van der Waals surface area contributed by atoms with Crippen LogP contribution in [0, 0.1) is 0 Å². The van der Waals surface area contributed by atoms with Crippen molar-refractivity contribution in [1.29, 1.82) is 0 Å². The topological polar surface area (TPSA) is 137 Å². The van der Waals surface area contributed by atoms with Gasteiger partial charge in [-0.2, -0.15) is 0 Å². The van der Waals surface area contributed by atoms with Crippen molar-refractivity contribution < 1.29 is 18.3 Å². The SMILES string of the molecule is O=CO.O=c1ccc2cccc(S(=O)(=O)n3cc(N4CCNCC4)c4ncccc43)c2[nH]1. The van der Waals surface area contributed by atoms with Crippen molar-refractivity contribution >= 4 is 44.1 Å². The lowest BCUT2D eigenvalue weighted by molar-refractivity contribution is -0.122. The molecular weight excluding hydrogens is 434 g/mol. The van der Waals surface area contributed by atoms with Crippen LogP contribution >= 0.6 is 0 Å². The number of pyridine rings is 2. The van der Waals surface area contributed by atoms with Gasteiger partial charge in [-0.15, -0.1) is 0 Å². The summed E-state index contributed by atoms with van der Waals surface area (Å²) >= 11 is 0. The highest BCUT2D eigenvalue weighted by Crippen LogP contribution is 2.32. The van der Waals surface area contributed by atoms with E-state index in [9.17, 15) is 13.2 Å². The lowest BCUT2D eigenvalue weighted by atomic mass is 10.2. The summed E-state index contributed by atoms with van der Waals surface area (Å²) in [6, 6.07) is 11.4. The summed E-state index contributed by atoms with van der Waals surface area (Å²) in [5, 5.41) is 10.8. The van der Waals surface area contributed by atoms with E-state index in [4.69, 9.17) is 9.90 Å². The largest absolute Gasteiger partial charge is 0.483 e. The van der Waals surface area contributed by atoms with Crippen molar-refractivity contribution in [2.45, 2.75) is 4.90 Å². The van der Waals surface area contributed by atoms with Gasteiger partial charge >= 0.3 is 0 Å². The molecule has 4 heterocycles. The highest BCUT2D eigenvalue weighted by Gasteiger charge is 2.26. The Morgan fingerprint density at radius 3 is 2.56 bits per heavy atom. The van der Waals surface area contributed by atoms with Crippen LogP contribution in [0.25, 0.3) is 21.9 Å². The van der Waals surface area contributed by atoms with Crippen molar-refractivity contribution in [3.8, 4) is 0 Å². The van der Waals surface area contributed by atoms with E-state index in [1.807, 2.05) is 0 Å². The first-order valence-electron chi connectivity index (χ1n) is 9.84. The van der Waals surface area contributed by atoms with E-state index in [0.29, 0.717) is 21.9 Å². The number of benzene rings is 1. The molecule has 0 spiro atoms. The van der Waals surface area contributed by atoms with Gasteiger partial charge in [0.2, 0.25) is 5.56 Å². The summed E-state index contributed by atoms with van der Waals surface area (Å²) < 4.78 is 28.6. The maximum absolute atomic E-state index is 13.7. The minimum absolute atomic E-state index is 0.0558. The molecule has 0 bridgehead atoms. The molecule has 1 aromatic carbocycles. The summed E-state index contributed by atoms with van der Waals surface area (Å²) in [6.45, 7) is 2.96. The van der Waals surface area contributed by atoms with Crippen LogP contribution < -0.4 is 15.8 Å². The van der Waals surface area contributed by atoms with Crippen molar-refractivity contribution in [1.82, 2.24) is 19.3 Å². The van der Waals surface area contributed by atoms with Crippen molar-refractivity contribution in [3.05, 3.63) is 65.2 Å². The van der Waals surface area contributed by atoms with Gasteiger partial charge in [0.25, 0.3) is 16.5 Å². The number of fused-ring (bicyclic) bond motifs is 2. The minimum Gasteiger partial charge on any atom is -0.483 e. The second-order valence-electron chi connectivity index (χ2n) is 7.07. The van der Waals surface area contributed by atoms with Crippen molar-refractivity contribution in [2.24, 2.45) is 0 Å². The zero-order chi connectivity index (χ0) is 22.7. The molecular formula is C21H21N5O5S. The molecule has 3 aromatic heterocycles. The van der Waals surface area contributed by atoms with E-state index in [1.165, 1.54) is 16.1 Å². The maximum Gasteiger partial charge on any atom is 0.290 e. The maximum atomic E-state index is 13.7. The summed E-state index contributed by atoms with van der Waals surface area (Å²) in [4.78, 5) is 29.5. The highest BCUT2D eigenvalue weighted by atomic mass is 32.2. The van der Waals surface area contributed by atoms with Crippen LogP contribution in [0.4, 0.5) is 5.69 Å². The number of carboxylic acid groups (broad SMARTS) is 1. The molecule has 0 amide bonds. The molecule has 0 unspecified atom stereocenters. The highest BCUT2D eigenvalue weighted by molar-refractivity contribution is 7.90. The second-order valence-corrected chi connectivity index (χ2v) is 8.86. The Morgan fingerprint density at radius 2 is 1.81 bits per heavy atom. The predicted molar refractivity (Wildman–Crippen MR) is 121 cm³/mol. The van der Waals surface area contributed by atoms with Crippen LogP contribution in [0.1, 0.15) is 0 Å². The third-order valence-electron chi connectivity index (χ3n) is 5.22. The van der Waals surface area contributed by atoms with Crippen molar-refractivity contribution in [2.75, 3.05) is 31.1 Å². The summed E-state index contributed by atoms with van der Waals surface area (Å²) in [5.74, 6) is 0. The molecule has 1 aliphatic rings. The Bertz CT molecular complexity index is 1440. The number of nitrogens with zero attached hydrogens (tertiary/aromatic N) is 3. The Hall–Kier alpha value is -3.70. The molecule has 0 atom stereocenters. The monoisotopic (exact) mass is 455 g/mol. The summed E-state index contributed by atoms with van der Waals surface area (Å²) in [6.07, 6.45) is 3.30. The molecule has 4 aromatic rings. The Kier molecular flexibility index (Phi) is 5.93. The van der Waals surface area contributed by atoms with E-state index in [0.717, 1.165) is 31.9 Å². The van der Waals surface area contributed by atoms with Crippen LogP contribution in [-0.4, -0.2) is 60.1 Å². The number of para-hydroxylation sites is 1. The van der Waals surface area contributed by atoms with Crippen LogP contribution in [0.5, 0.6) is 0 Å². The van der Waals surface area contributed by atoms with E-state index in [1.54, 1.807) is 42.7 Å². The number of H-pyrrole nitrogens is 1. The molecule has 32 heavy (non-hydrogen) atoms. The molecule has 1 aliphatic heterocycles. The van der Waals surface area contributed by atoms with Gasteiger partial charge in [0.15, 0.2) is 0 Å². The number of hydrogen-bond acceptors (Lipinski definition) is 7. The van der Waals surface area contributed by atoms with Gasteiger partial charge in [-0.3, -0.25) is 14.6 Å². The lowest BCUT2D eigenvalue weighted by Gasteiger charge is -2.28. The number of rotatable bonds is 3. The number of nitrogens with one attached hydrogen (secondary N) is 2. The molecule has 5 rings (SSSR count). The Labute approximate surface area is 183 Å². The fraction of sp³-hybridized carbons (Fsp3) is 0.190. The zero-order valence-electron chi connectivity index (χ0n) is 16.9. The molecule has 1 fully saturated rings. The predicted octanol–water partition coefficient (Wildman–Crippen LogP) is 1.23. The molecule has 1 saturated heterocycles. The third-order valence-corrected chi connectivity index (χ3v) is 6.94. The molecule has 0 aliphatic carbocycles. The fourth-order valence-corrected chi connectivity index (χ4v) is 5.36. The quantitative estimate of drug-likeness (QED) is 0.392. The smallest absolute Gasteiger partial charge is 0.290 e. The van der Waals surface area contributed by atoms with Gasteiger partial charge in [-0.05, 0) is 29.7 Å². The van der Waals surface area contributed by atoms with Gasteiger partial charge in [0.1, 0.15) is 10.4 Å². The number of anilines is 1. The standard InChI is InChI=1S/C20H19N5O3S.CH2O2/c26-18-7-6-14-3-1-5-17(19(14)23-18)29(27,28)25-13-16(24-11-9-21-10-12-24)20-15(25)4-2-8-22-20;2-1-3/h1-8,13,21H,9-12H2,(H,23,26);1H,(H,2,3). The number of hydrogen-bond donors (Lipinski definition) is 3. The average molecular weight is 455 g/mol. The molecule has 0 saturated carbocycles. The van der Waals surface area contributed by atoms with Gasteiger partial charge < -0.3 is 20.3 Å². The summed E-state index contributed by atoms with van der Waals surface area (Å²) in [7, 11) is -3.96. The molecule has 3 N–H and O–H groups in total. The number of aromatic nitrogens is 3. The van der Waals surface area contributed by atoms with Gasteiger partial charge in [0.05, 0.1) is 16.7 Å². The molecule has 166 valence electrons. The van der Waals surface area contributed by atoms with Crippen LogP contribution in [0.3, 0.4) is 0 Å². The van der Waals surface area contributed by atoms with Gasteiger partial charge in [0, 0.05) is 44.6 Å². The molecule has 0 radical (unpaired) electrons. The minimum atomic E-state index is -3.96. The van der Waals surface area contributed by atoms with Gasteiger partial charge in [-0.25, -0.2) is 12.4 Å². The van der Waals surface area contributed by atoms with Gasteiger partial charge in [-0.1, -0.05) is 12.1 Å². The number of piperazine rings is 1. The normalized spacial score (nSPS) is 14.2. The van der Waals surface area contributed by atoms with Crippen molar-refractivity contribution in [3.63, 3.8) is 0 Å². The second kappa shape index (κ2) is 8.81. The number of carbonyl (C=O) groups is 1. The van der Waals surface area contributed by atoms with E-state index in [2.05, 4.69) is 20.2 Å². The Morgan fingerprint density at radius 1 is 1.06 bits per heavy atom. The lowest BCUT2D eigenvalue weighted by Crippen LogP contribution is -2.43. The van der Waals surface area contributed by atoms with Crippen LogP contribution in [-0.2, 0) is 14.8 Å². The third kappa shape index (κ3) is 3.83. The average Bonchev–Trinajstić information content (AvgIpc) is 3.20. The first kappa shape index (κ1) is 21.5. The first-order valence-corrected chi connectivity index (χ1v) is 11.3. The van der Waals surface area contributed by atoms with E-state index in [-0.39, 0.29) is 16.9 Å². The van der Waals surface area contributed by atoms with E-state index < -0.39 is 10.0 Å².